The largest absolute Gasteiger partial charge is 0.487 e. The molecule has 3 atom stereocenters. The second-order valence-corrected chi connectivity index (χ2v) is 8.69. The Balaban J connectivity index is 1.46. The predicted molar refractivity (Wildman–Crippen MR) is 115 cm³/mol. The molecule has 2 N–H and O–H groups in total. The SMILES string of the molecule is Cc1nc(-c2cnn(C)c2NC(=O)O[C@H](C)C2CC2)ncc1O[C@H]1CCC[C@H](C(=O)O)C1. The van der Waals surface area contributed by atoms with E-state index in [9.17, 15) is 14.7 Å². The molecule has 32 heavy (non-hydrogen) atoms. The van der Waals surface area contributed by atoms with Gasteiger partial charge in [-0.1, -0.05) is 0 Å². The first-order chi connectivity index (χ1) is 15.3. The van der Waals surface area contributed by atoms with Crippen LogP contribution in [0.1, 0.15) is 51.1 Å². The Labute approximate surface area is 186 Å². The van der Waals surface area contributed by atoms with Crippen LogP contribution in [0.5, 0.6) is 5.75 Å². The number of amides is 1. The number of aromatic nitrogens is 4. The molecule has 10 nitrogen and oxygen atoms in total. The van der Waals surface area contributed by atoms with Crippen LogP contribution in [0.4, 0.5) is 10.6 Å². The van der Waals surface area contributed by atoms with E-state index in [-0.39, 0.29) is 18.1 Å². The number of nitrogens with one attached hydrogen (secondary N) is 1. The fraction of sp³-hybridized carbons (Fsp3) is 0.591. The summed E-state index contributed by atoms with van der Waals surface area (Å²) in [6.45, 7) is 3.71. The smallest absolute Gasteiger partial charge is 0.413 e. The summed E-state index contributed by atoms with van der Waals surface area (Å²) in [5.41, 5.74) is 1.20. The summed E-state index contributed by atoms with van der Waals surface area (Å²) in [5, 5.41) is 16.3. The van der Waals surface area contributed by atoms with Gasteiger partial charge in [-0.15, -0.1) is 0 Å². The van der Waals surface area contributed by atoms with E-state index in [1.54, 1.807) is 19.4 Å². The highest BCUT2D eigenvalue weighted by Gasteiger charge is 2.31. The van der Waals surface area contributed by atoms with Crippen LogP contribution in [0.15, 0.2) is 12.4 Å². The van der Waals surface area contributed by atoms with E-state index in [0.717, 1.165) is 25.7 Å². The zero-order valence-electron chi connectivity index (χ0n) is 18.6. The molecule has 2 aromatic heterocycles. The quantitative estimate of drug-likeness (QED) is 0.665. The molecule has 0 aliphatic heterocycles. The van der Waals surface area contributed by atoms with Gasteiger partial charge in [0.25, 0.3) is 0 Å². The maximum Gasteiger partial charge on any atom is 0.413 e. The van der Waals surface area contributed by atoms with Crippen molar-refractivity contribution >= 4 is 17.9 Å². The van der Waals surface area contributed by atoms with Crippen molar-refractivity contribution in [1.82, 2.24) is 19.7 Å². The van der Waals surface area contributed by atoms with Gasteiger partial charge in [-0.25, -0.2) is 14.8 Å². The average Bonchev–Trinajstić information content (AvgIpc) is 3.55. The van der Waals surface area contributed by atoms with Crippen molar-refractivity contribution in [3.63, 3.8) is 0 Å². The first-order valence-electron chi connectivity index (χ1n) is 11.0. The molecule has 1 amide bonds. The van der Waals surface area contributed by atoms with E-state index in [2.05, 4.69) is 20.4 Å². The Morgan fingerprint density at radius 1 is 1.25 bits per heavy atom. The minimum Gasteiger partial charge on any atom is -0.487 e. The Morgan fingerprint density at radius 2 is 2.03 bits per heavy atom. The van der Waals surface area contributed by atoms with Gasteiger partial charge in [-0.3, -0.25) is 14.8 Å². The third kappa shape index (κ3) is 5.00. The topological polar surface area (TPSA) is 128 Å². The van der Waals surface area contributed by atoms with Gasteiger partial charge in [0.2, 0.25) is 0 Å². The lowest BCUT2D eigenvalue weighted by Gasteiger charge is -2.27. The lowest BCUT2D eigenvalue weighted by molar-refractivity contribution is -0.143. The van der Waals surface area contributed by atoms with Crippen LogP contribution in [-0.2, 0) is 16.6 Å². The van der Waals surface area contributed by atoms with Crippen molar-refractivity contribution in [2.45, 2.75) is 64.6 Å². The van der Waals surface area contributed by atoms with E-state index in [1.807, 2.05) is 13.8 Å². The van der Waals surface area contributed by atoms with Crippen LogP contribution in [0.25, 0.3) is 11.4 Å². The number of carbonyl (C=O) groups is 2. The lowest BCUT2D eigenvalue weighted by atomic mass is 9.87. The summed E-state index contributed by atoms with van der Waals surface area (Å²) in [7, 11) is 1.72. The van der Waals surface area contributed by atoms with Gasteiger partial charge in [0, 0.05) is 7.05 Å². The first-order valence-corrected chi connectivity index (χ1v) is 11.0. The molecule has 172 valence electrons. The highest BCUT2D eigenvalue weighted by molar-refractivity contribution is 5.88. The molecule has 2 heterocycles. The maximum atomic E-state index is 12.3. The molecule has 0 saturated heterocycles. The van der Waals surface area contributed by atoms with Crippen molar-refractivity contribution in [3.8, 4) is 17.1 Å². The van der Waals surface area contributed by atoms with Crippen molar-refractivity contribution in [3.05, 3.63) is 18.1 Å². The molecule has 2 saturated carbocycles. The molecule has 0 spiro atoms. The number of ether oxygens (including phenoxy) is 2. The monoisotopic (exact) mass is 443 g/mol. The predicted octanol–water partition coefficient (Wildman–Crippen LogP) is 3.55. The molecule has 2 aliphatic rings. The van der Waals surface area contributed by atoms with E-state index < -0.39 is 12.1 Å². The van der Waals surface area contributed by atoms with Crippen molar-refractivity contribution < 1.29 is 24.2 Å². The average molecular weight is 444 g/mol. The van der Waals surface area contributed by atoms with Gasteiger partial charge >= 0.3 is 12.1 Å². The summed E-state index contributed by atoms with van der Waals surface area (Å²) in [6, 6.07) is 0. The van der Waals surface area contributed by atoms with Crippen LogP contribution in [0, 0.1) is 18.8 Å². The maximum absolute atomic E-state index is 12.3. The van der Waals surface area contributed by atoms with E-state index in [0.29, 0.717) is 47.4 Å². The number of anilines is 1. The minimum atomic E-state index is -0.775. The third-order valence-corrected chi connectivity index (χ3v) is 6.18. The first kappa shape index (κ1) is 22.0. The standard InChI is InChI=1S/C22H29N5O5/c1-12-18(32-16-6-4-5-15(9-16)21(28)29)11-23-19(25-12)17-10-24-27(3)20(17)26-22(30)31-13(2)14-7-8-14/h10-11,13-16H,4-9H2,1-3H3,(H,26,30)(H,28,29)/t13-,15+,16+/m1/s1. The zero-order chi connectivity index (χ0) is 22.8. The van der Waals surface area contributed by atoms with Gasteiger partial charge in [0.1, 0.15) is 11.9 Å². The molecule has 2 aromatic rings. The van der Waals surface area contributed by atoms with Crippen molar-refractivity contribution in [2.75, 3.05) is 5.32 Å². The molecule has 0 radical (unpaired) electrons. The molecular formula is C22H29N5O5. The molecule has 4 rings (SSSR count). The van der Waals surface area contributed by atoms with Gasteiger partial charge in [0.05, 0.1) is 35.7 Å². The highest BCUT2D eigenvalue weighted by Crippen LogP contribution is 2.34. The van der Waals surface area contributed by atoms with Gasteiger partial charge in [-0.2, -0.15) is 5.10 Å². The molecule has 0 unspecified atom stereocenters. The van der Waals surface area contributed by atoms with Crippen LogP contribution >= 0.6 is 0 Å². The van der Waals surface area contributed by atoms with Crippen LogP contribution < -0.4 is 10.1 Å². The Bertz CT molecular complexity index is 1000. The minimum absolute atomic E-state index is 0.123. The van der Waals surface area contributed by atoms with Gasteiger partial charge < -0.3 is 14.6 Å². The molecular weight excluding hydrogens is 414 g/mol. The summed E-state index contributed by atoms with van der Waals surface area (Å²) in [6.07, 6.45) is 7.32. The Morgan fingerprint density at radius 3 is 2.72 bits per heavy atom. The number of carbonyl (C=O) groups excluding carboxylic acids is 1. The number of hydrogen-bond acceptors (Lipinski definition) is 7. The van der Waals surface area contributed by atoms with Gasteiger partial charge in [-0.05, 0) is 58.3 Å². The third-order valence-electron chi connectivity index (χ3n) is 6.18. The normalized spacial score (nSPS) is 21.6. The molecule has 0 bridgehead atoms. The van der Waals surface area contributed by atoms with E-state index in [4.69, 9.17) is 9.47 Å². The number of carboxylic acids is 1. The number of hydrogen-bond donors (Lipinski definition) is 2. The fourth-order valence-corrected chi connectivity index (χ4v) is 4.06. The number of aryl methyl sites for hydroxylation is 2. The fourth-order valence-electron chi connectivity index (χ4n) is 4.06. The molecule has 2 fully saturated rings. The van der Waals surface area contributed by atoms with Crippen molar-refractivity contribution in [2.24, 2.45) is 18.9 Å². The summed E-state index contributed by atoms with van der Waals surface area (Å²) in [5.74, 6) is 0.674. The zero-order valence-corrected chi connectivity index (χ0v) is 18.6. The molecule has 10 heteroatoms. The van der Waals surface area contributed by atoms with Crippen LogP contribution in [0.3, 0.4) is 0 Å². The summed E-state index contributed by atoms with van der Waals surface area (Å²) in [4.78, 5) is 32.6. The molecule has 2 aliphatic carbocycles. The summed E-state index contributed by atoms with van der Waals surface area (Å²) >= 11 is 0. The second-order valence-electron chi connectivity index (χ2n) is 8.69. The number of nitrogens with zero attached hydrogens (tertiary/aromatic N) is 4. The van der Waals surface area contributed by atoms with Crippen LogP contribution in [-0.4, -0.2) is 49.1 Å². The number of aliphatic carboxylic acids is 1. The second kappa shape index (κ2) is 9.13. The lowest BCUT2D eigenvalue weighted by Crippen LogP contribution is -2.29. The molecule has 0 aromatic carbocycles. The van der Waals surface area contributed by atoms with Crippen molar-refractivity contribution in [1.29, 1.82) is 0 Å². The van der Waals surface area contributed by atoms with E-state index >= 15 is 0 Å². The Hall–Kier alpha value is -3.17. The number of rotatable bonds is 7. The van der Waals surface area contributed by atoms with E-state index in [1.165, 1.54) is 4.68 Å². The van der Waals surface area contributed by atoms with Crippen LogP contribution in [0.2, 0.25) is 0 Å². The van der Waals surface area contributed by atoms with Gasteiger partial charge in [0.15, 0.2) is 11.6 Å². The number of carboxylic acid groups (broad SMARTS) is 1. The summed E-state index contributed by atoms with van der Waals surface area (Å²) < 4.78 is 13.0. The Kier molecular flexibility index (Phi) is 6.29. The highest BCUT2D eigenvalue weighted by atomic mass is 16.6.